The highest BCUT2D eigenvalue weighted by Crippen LogP contribution is 2.35. The fraction of sp³-hybridized carbons (Fsp3) is 0.636. The average Bonchev–Trinajstić information content (AvgIpc) is 3.47. The minimum Gasteiger partial charge on any atom is -0.493 e. The molecule has 28 heavy (non-hydrogen) atoms. The number of nitrogens with one attached hydrogen (secondary N) is 1. The zero-order valence-electron chi connectivity index (χ0n) is 16.6. The van der Waals surface area contributed by atoms with Crippen molar-refractivity contribution in [3.05, 3.63) is 29.3 Å². The van der Waals surface area contributed by atoms with Crippen LogP contribution in [0.4, 0.5) is 0 Å². The largest absolute Gasteiger partial charge is 0.493 e. The highest BCUT2D eigenvalue weighted by atomic mass is 16.5. The van der Waals surface area contributed by atoms with E-state index >= 15 is 0 Å². The Morgan fingerprint density at radius 2 is 2.04 bits per heavy atom. The second kappa shape index (κ2) is 8.52. The number of hydrogen-bond acceptors (Lipinski definition) is 5. The molecule has 0 unspecified atom stereocenters. The van der Waals surface area contributed by atoms with Crippen molar-refractivity contribution in [3.8, 4) is 5.75 Å². The number of hydrogen-bond donors (Lipinski definition) is 1. The molecule has 0 aromatic heterocycles. The molecular weight excluding hydrogens is 356 g/mol. The number of carbonyl (C=O) groups is 2. The van der Waals surface area contributed by atoms with Crippen LogP contribution in [0, 0.1) is 5.92 Å². The first kappa shape index (κ1) is 19.2. The Hall–Kier alpha value is -2.08. The normalized spacial score (nSPS) is 24.3. The number of methoxy groups -OCH3 is 1. The van der Waals surface area contributed by atoms with Gasteiger partial charge in [-0.25, -0.2) is 0 Å². The number of ether oxygens (including phenoxy) is 2. The third-order valence-corrected chi connectivity index (χ3v) is 6.24. The van der Waals surface area contributed by atoms with Crippen molar-refractivity contribution in [1.29, 1.82) is 0 Å². The summed E-state index contributed by atoms with van der Waals surface area (Å²) >= 11 is 0. The van der Waals surface area contributed by atoms with E-state index in [2.05, 4.69) is 10.2 Å². The van der Waals surface area contributed by atoms with E-state index in [0.717, 1.165) is 56.1 Å². The van der Waals surface area contributed by atoms with Crippen LogP contribution in [-0.2, 0) is 16.0 Å². The summed E-state index contributed by atoms with van der Waals surface area (Å²) in [6.07, 6.45) is 6.94. The predicted octanol–water partition coefficient (Wildman–Crippen LogP) is 2.55. The number of fused-ring (bicyclic) bond motifs is 1. The van der Waals surface area contributed by atoms with Crippen molar-refractivity contribution in [2.75, 3.05) is 26.8 Å². The molecular formula is C22H30N2O4. The number of likely N-dealkylation sites (tertiary alicyclic amines) is 1. The molecule has 1 aromatic carbocycles. The summed E-state index contributed by atoms with van der Waals surface area (Å²) in [5.41, 5.74) is 1.82. The highest BCUT2D eigenvalue weighted by molar-refractivity contribution is 5.94. The molecule has 1 N–H and O–H groups in total. The Morgan fingerprint density at radius 1 is 1.21 bits per heavy atom. The van der Waals surface area contributed by atoms with Gasteiger partial charge in [0, 0.05) is 30.7 Å². The Morgan fingerprint density at radius 3 is 2.82 bits per heavy atom. The standard InChI is InChI=1S/C22H30N2O4/c1-27-21(25)12-18-7-8-19(24(18)14-15-4-5-15)13-23-22(26)17-6-9-20-16(11-17)3-2-10-28-20/h6,9,11,15,18-19H,2-5,7-8,10,12-14H2,1H3,(H,23,26)/t18-,19+/m1/s1. The molecule has 2 aliphatic heterocycles. The van der Waals surface area contributed by atoms with Gasteiger partial charge in [0.25, 0.3) is 5.91 Å². The smallest absolute Gasteiger partial charge is 0.307 e. The number of esters is 1. The third-order valence-electron chi connectivity index (χ3n) is 6.24. The molecule has 1 saturated carbocycles. The van der Waals surface area contributed by atoms with Gasteiger partial charge in [0.1, 0.15) is 5.75 Å². The summed E-state index contributed by atoms with van der Waals surface area (Å²) < 4.78 is 10.5. The molecule has 1 saturated heterocycles. The van der Waals surface area contributed by atoms with Crippen LogP contribution in [-0.4, -0.2) is 55.7 Å². The van der Waals surface area contributed by atoms with E-state index in [1.807, 2.05) is 18.2 Å². The molecule has 1 amide bonds. The summed E-state index contributed by atoms with van der Waals surface area (Å²) in [6.45, 7) is 2.40. The molecule has 0 radical (unpaired) electrons. The van der Waals surface area contributed by atoms with Gasteiger partial charge in [0.2, 0.25) is 0 Å². The van der Waals surface area contributed by atoms with E-state index in [1.165, 1.54) is 20.0 Å². The average molecular weight is 386 g/mol. The molecule has 0 spiro atoms. The van der Waals surface area contributed by atoms with Gasteiger partial charge >= 0.3 is 5.97 Å². The number of amides is 1. The van der Waals surface area contributed by atoms with E-state index in [1.54, 1.807) is 0 Å². The quantitative estimate of drug-likeness (QED) is 0.730. The van der Waals surface area contributed by atoms with Crippen LogP contribution >= 0.6 is 0 Å². The zero-order valence-corrected chi connectivity index (χ0v) is 16.6. The van der Waals surface area contributed by atoms with Gasteiger partial charge in [-0.1, -0.05) is 0 Å². The van der Waals surface area contributed by atoms with Gasteiger partial charge in [-0.3, -0.25) is 14.5 Å². The summed E-state index contributed by atoms with van der Waals surface area (Å²) in [7, 11) is 1.45. The van der Waals surface area contributed by atoms with Crippen LogP contribution in [0.15, 0.2) is 18.2 Å². The lowest BCUT2D eigenvalue weighted by Gasteiger charge is -2.30. The van der Waals surface area contributed by atoms with E-state index in [4.69, 9.17) is 9.47 Å². The maximum absolute atomic E-state index is 12.7. The van der Waals surface area contributed by atoms with Gasteiger partial charge in [0.15, 0.2) is 0 Å². The van der Waals surface area contributed by atoms with Crippen molar-refractivity contribution in [2.24, 2.45) is 5.92 Å². The van der Waals surface area contributed by atoms with Crippen molar-refractivity contribution >= 4 is 11.9 Å². The van der Waals surface area contributed by atoms with E-state index in [-0.39, 0.29) is 17.9 Å². The van der Waals surface area contributed by atoms with Crippen molar-refractivity contribution in [3.63, 3.8) is 0 Å². The summed E-state index contributed by atoms with van der Waals surface area (Å²) in [6, 6.07) is 6.23. The Balaban J connectivity index is 1.36. The van der Waals surface area contributed by atoms with Crippen molar-refractivity contribution < 1.29 is 19.1 Å². The van der Waals surface area contributed by atoms with Crippen LogP contribution in [0.1, 0.15) is 54.4 Å². The van der Waals surface area contributed by atoms with Gasteiger partial charge in [-0.2, -0.15) is 0 Å². The molecule has 2 fully saturated rings. The van der Waals surface area contributed by atoms with E-state index < -0.39 is 0 Å². The lowest BCUT2D eigenvalue weighted by atomic mass is 10.0. The lowest BCUT2D eigenvalue weighted by Crippen LogP contribution is -2.44. The third kappa shape index (κ3) is 4.49. The van der Waals surface area contributed by atoms with Gasteiger partial charge < -0.3 is 14.8 Å². The number of benzene rings is 1. The maximum Gasteiger partial charge on any atom is 0.307 e. The van der Waals surface area contributed by atoms with Gasteiger partial charge in [0.05, 0.1) is 20.1 Å². The number of carbonyl (C=O) groups excluding carboxylic acids is 2. The molecule has 0 bridgehead atoms. The first-order valence-corrected chi connectivity index (χ1v) is 10.5. The summed E-state index contributed by atoms with van der Waals surface area (Å²) in [5, 5.41) is 3.12. The van der Waals surface area contributed by atoms with E-state index in [0.29, 0.717) is 24.6 Å². The monoisotopic (exact) mass is 386 g/mol. The number of aryl methyl sites for hydroxylation is 1. The van der Waals surface area contributed by atoms with Crippen LogP contribution < -0.4 is 10.1 Å². The molecule has 152 valence electrons. The zero-order chi connectivity index (χ0) is 19.5. The predicted molar refractivity (Wildman–Crippen MR) is 105 cm³/mol. The minimum atomic E-state index is -0.147. The molecule has 2 atom stereocenters. The topological polar surface area (TPSA) is 67.9 Å². The van der Waals surface area contributed by atoms with Crippen molar-refractivity contribution in [1.82, 2.24) is 10.2 Å². The van der Waals surface area contributed by atoms with Crippen LogP contribution in [0.5, 0.6) is 5.75 Å². The molecule has 1 aromatic rings. The highest BCUT2D eigenvalue weighted by Gasteiger charge is 2.38. The number of rotatable bonds is 7. The van der Waals surface area contributed by atoms with Gasteiger partial charge in [-0.15, -0.1) is 0 Å². The SMILES string of the molecule is COC(=O)C[C@H]1CC[C@@H](CNC(=O)c2ccc3c(c2)CCCO3)N1CC1CC1. The molecule has 6 nitrogen and oxygen atoms in total. The fourth-order valence-corrected chi connectivity index (χ4v) is 4.44. The van der Waals surface area contributed by atoms with Gasteiger partial charge in [-0.05, 0) is 68.2 Å². The molecule has 2 heterocycles. The molecule has 4 rings (SSSR count). The summed E-state index contributed by atoms with van der Waals surface area (Å²) in [5.74, 6) is 1.47. The lowest BCUT2D eigenvalue weighted by molar-refractivity contribution is -0.141. The molecule has 6 heteroatoms. The first-order chi connectivity index (χ1) is 13.6. The Labute approximate surface area is 166 Å². The summed E-state index contributed by atoms with van der Waals surface area (Å²) in [4.78, 5) is 26.9. The second-order valence-electron chi connectivity index (χ2n) is 8.29. The Bertz CT molecular complexity index is 731. The fourth-order valence-electron chi connectivity index (χ4n) is 4.44. The Kier molecular flexibility index (Phi) is 5.85. The van der Waals surface area contributed by atoms with Crippen LogP contribution in [0.3, 0.4) is 0 Å². The maximum atomic E-state index is 12.7. The van der Waals surface area contributed by atoms with Crippen LogP contribution in [0.25, 0.3) is 0 Å². The first-order valence-electron chi connectivity index (χ1n) is 10.5. The van der Waals surface area contributed by atoms with Crippen molar-refractivity contribution in [2.45, 2.75) is 57.0 Å². The molecule has 3 aliphatic rings. The molecule has 1 aliphatic carbocycles. The minimum absolute atomic E-state index is 0.0313. The van der Waals surface area contributed by atoms with E-state index in [9.17, 15) is 9.59 Å². The number of nitrogens with zero attached hydrogens (tertiary/aromatic N) is 1. The van der Waals surface area contributed by atoms with Crippen LogP contribution in [0.2, 0.25) is 0 Å². The second-order valence-corrected chi connectivity index (χ2v) is 8.29.